The Hall–Kier alpha value is -2.61. The fraction of sp³-hybridized carbons (Fsp3) is 0.350. The molecule has 4 nitrogen and oxygen atoms in total. The quantitative estimate of drug-likeness (QED) is 0.780. The van der Waals surface area contributed by atoms with Gasteiger partial charge in [0.1, 0.15) is 5.82 Å². The third kappa shape index (κ3) is 4.81. The lowest BCUT2D eigenvalue weighted by atomic mass is 10.1. The fourth-order valence-corrected chi connectivity index (χ4v) is 3.32. The topological polar surface area (TPSA) is 36.8 Å². The molecule has 1 heterocycles. The highest BCUT2D eigenvalue weighted by Crippen LogP contribution is 2.29. The maximum Gasteiger partial charge on any atom is 0.416 e. The van der Waals surface area contributed by atoms with Gasteiger partial charge in [-0.05, 0) is 55.5 Å². The lowest BCUT2D eigenvalue weighted by Gasteiger charge is -2.36. The molecule has 2 aromatic rings. The van der Waals surface area contributed by atoms with Gasteiger partial charge in [-0.2, -0.15) is 13.2 Å². The largest absolute Gasteiger partial charge is 0.416 e. The second kappa shape index (κ2) is 8.18. The minimum absolute atomic E-state index is 0.231. The summed E-state index contributed by atoms with van der Waals surface area (Å²) in [6.45, 7) is 4.75. The number of hydrogen-bond donors (Lipinski definition) is 2. The Morgan fingerprint density at radius 1 is 1.04 bits per heavy atom. The van der Waals surface area contributed by atoms with Crippen LogP contribution in [0.1, 0.15) is 12.5 Å². The highest BCUT2D eigenvalue weighted by molar-refractivity contribution is 5.93. The van der Waals surface area contributed by atoms with Crippen molar-refractivity contribution in [1.29, 1.82) is 0 Å². The van der Waals surface area contributed by atoms with Crippen LogP contribution in [-0.4, -0.2) is 38.1 Å². The summed E-state index contributed by atoms with van der Waals surface area (Å²) in [7, 11) is 0. The summed E-state index contributed by atoms with van der Waals surface area (Å²) in [4.78, 5) is 15.7. The Labute approximate surface area is 160 Å². The zero-order chi connectivity index (χ0) is 20.3. The molecule has 2 aromatic carbocycles. The second-order valence-corrected chi connectivity index (χ2v) is 6.91. The summed E-state index contributed by atoms with van der Waals surface area (Å²) in [5, 5.41) is 2.68. The smallest absolute Gasteiger partial charge is 0.360 e. The number of piperazine rings is 1. The first kappa shape index (κ1) is 20.1. The number of halogens is 4. The summed E-state index contributed by atoms with van der Waals surface area (Å²) in [6, 6.07) is 10.4. The standard InChI is InChI=1S/C20H21F4N3O/c1-14(19(28)25-17-6-2-15(3-7-17)20(22,23)24)26-10-12-27(13-11-26)18-8-4-16(21)5-9-18/h2-9,14H,10-13H2,1H3,(H,25,28)/p+1/t14-/m0/s1. The maximum atomic E-state index is 13.0. The average Bonchev–Trinajstić information content (AvgIpc) is 2.68. The Bertz CT molecular complexity index is 798. The van der Waals surface area contributed by atoms with E-state index in [4.69, 9.17) is 0 Å². The van der Waals surface area contributed by atoms with E-state index in [0.717, 1.165) is 48.9 Å². The minimum Gasteiger partial charge on any atom is -0.360 e. The first-order valence-corrected chi connectivity index (χ1v) is 9.07. The van der Waals surface area contributed by atoms with Crippen LogP contribution in [0.5, 0.6) is 0 Å². The van der Waals surface area contributed by atoms with E-state index in [1.54, 1.807) is 12.1 Å². The number of alkyl halides is 3. The molecule has 0 radical (unpaired) electrons. The lowest BCUT2D eigenvalue weighted by molar-refractivity contribution is -0.914. The number of rotatable bonds is 4. The summed E-state index contributed by atoms with van der Waals surface area (Å²) in [5.74, 6) is -0.508. The van der Waals surface area contributed by atoms with Crippen molar-refractivity contribution in [3.05, 3.63) is 59.9 Å². The molecule has 1 atom stereocenters. The predicted octanol–water partition coefficient (Wildman–Crippen LogP) is 2.58. The highest BCUT2D eigenvalue weighted by atomic mass is 19.4. The van der Waals surface area contributed by atoms with Crippen molar-refractivity contribution in [2.75, 3.05) is 36.4 Å². The van der Waals surface area contributed by atoms with Gasteiger partial charge in [-0.15, -0.1) is 0 Å². The average molecular weight is 396 g/mol. The van der Waals surface area contributed by atoms with Crippen molar-refractivity contribution in [2.45, 2.75) is 19.1 Å². The molecule has 0 saturated carbocycles. The van der Waals surface area contributed by atoms with Gasteiger partial charge < -0.3 is 15.1 Å². The molecule has 0 unspecified atom stereocenters. The Kier molecular flexibility index (Phi) is 5.88. The highest BCUT2D eigenvalue weighted by Gasteiger charge is 2.31. The molecule has 0 spiro atoms. The van der Waals surface area contributed by atoms with Crippen LogP contribution < -0.4 is 15.1 Å². The van der Waals surface area contributed by atoms with Crippen molar-refractivity contribution < 1.29 is 27.3 Å². The summed E-state index contributed by atoms with van der Waals surface area (Å²) >= 11 is 0. The Balaban J connectivity index is 1.53. The molecule has 1 saturated heterocycles. The molecule has 1 aliphatic rings. The SMILES string of the molecule is C[C@@H](C(=O)Nc1ccc(C(F)(F)F)cc1)[NH+]1CCN(c2ccc(F)cc2)CC1. The van der Waals surface area contributed by atoms with Crippen molar-refractivity contribution in [3.8, 4) is 0 Å². The van der Waals surface area contributed by atoms with E-state index in [-0.39, 0.29) is 17.8 Å². The van der Waals surface area contributed by atoms with Gasteiger partial charge in [-0.25, -0.2) is 4.39 Å². The normalized spacial score (nSPS) is 16.7. The van der Waals surface area contributed by atoms with Gasteiger partial charge in [-0.3, -0.25) is 4.79 Å². The number of quaternary nitrogens is 1. The molecule has 1 amide bonds. The first-order valence-electron chi connectivity index (χ1n) is 9.07. The molecular formula is C20H22F4N3O+. The molecule has 8 heteroatoms. The monoisotopic (exact) mass is 396 g/mol. The predicted molar refractivity (Wildman–Crippen MR) is 98.8 cm³/mol. The van der Waals surface area contributed by atoms with Crippen molar-refractivity contribution in [2.24, 2.45) is 0 Å². The number of nitrogens with one attached hydrogen (secondary N) is 2. The number of carbonyl (C=O) groups is 1. The number of amides is 1. The van der Waals surface area contributed by atoms with E-state index in [9.17, 15) is 22.4 Å². The van der Waals surface area contributed by atoms with Crippen LogP contribution in [0.3, 0.4) is 0 Å². The third-order valence-electron chi connectivity index (χ3n) is 5.08. The van der Waals surface area contributed by atoms with Crippen LogP contribution in [0.25, 0.3) is 0 Å². The van der Waals surface area contributed by atoms with Crippen LogP contribution in [-0.2, 0) is 11.0 Å². The summed E-state index contributed by atoms with van der Waals surface area (Å²) in [5.41, 5.74) is 0.539. The maximum absolute atomic E-state index is 13.0. The van der Waals surface area contributed by atoms with E-state index in [1.165, 1.54) is 24.3 Å². The van der Waals surface area contributed by atoms with Crippen molar-refractivity contribution in [1.82, 2.24) is 0 Å². The number of carbonyl (C=O) groups excluding carboxylic acids is 1. The van der Waals surface area contributed by atoms with Crippen molar-refractivity contribution >= 4 is 17.3 Å². The molecule has 0 aliphatic carbocycles. The van der Waals surface area contributed by atoms with Crippen LogP contribution in [0.15, 0.2) is 48.5 Å². The van der Waals surface area contributed by atoms with E-state index in [2.05, 4.69) is 10.2 Å². The van der Waals surface area contributed by atoms with Crippen LogP contribution in [0.2, 0.25) is 0 Å². The van der Waals surface area contributed by atoms with Crippen LogP contribution in [0, 0.1) is 5.82 Å². The number of benzene rings is 2. The minimum atomic E-state index is -4.40. The van der Waals surface area contributed by atoms with E-state index in [0.29, 0.717) is 5.69 Å². The lowest BCUT2D eigenvalue weighted by Crippen LogP contribution is -3.19. The van der Waals surface area contributed by atoms with Gasteiger partial charge in [0.2, 0.25) is 0 Å². The molecule has 2 N–H and O–H groups in total. The van der Waals surface area contributed by atoms with Crippen LogP contribution in [0.4, 0.5) is 28.9 Å². The summed E-state index contributed by atoms with van der Waals surface area (Å²) < 4.78 is 50.9. The summed E-state index contributed by atoms with van der Waals surface area (Å²) in [6.07, 6.45) is -4.40. The molecule has 0 aromatic heterocycles. The Morgan fingerprint density at radius 3 is 2.14 bits per heavy atom. The molecule has 1 fully saturated rings. The van der Waals surface area contributed by atoms with Gasteiger partial charge in [0.15, 0.2) is 6.04 Å². The molecule has 150 valence electrons. The van der Waals surface area contributed by atoms with E-state index < -0.39 is 11.7 Å². The van der Waals surface area contributed by atoms with Gasteiger partial charge >= 0.3 is 6.18 Å². The second-order valence-electron chi connectivity index (χ2n) is 6.91. The third-order valence-corrected chi connectivity index (χ3v) is 5.08. The zero-order valence-electron chi connectivity index (χ0n) is 15.4. The van der Waals surface area contributed by atoms with E-state index >= 15 is 0 Å². The number of anilines is 2. The van der Waals surface area contributed by atoms with E-state index in [1.807, 2.05) is 6.92 Å². The molecule has 1 aliphatic heterocycles. The first-order chi connectivity index (χ1) is 13.2. The zero-order valence-corrected chi connectivity index (χ0v) is 15.4. The Morgan fingerprint density at radius 2 is 1.61 bits per heavy atom. The van der Waals surface area contributed by atoms with Gasteiger partial charge in [0.05, 0.1) is 31.7 Å². The molecule has 28 heavy (non-hydrogen) atoms. The van der Waals surface area contributed by atoms with Gasteiger partial charge in [0.25, 0.3) is 5.91 Å². The number of hydrogen-bond acceptors (Lipinski definition) is 2. The van der Waals surface area contributed by atoms with Gasteiger partial charge in [-0.1, -0.05) is 0 Å². The molecule has 0 bridgehead atoms. The van der Waals surface area contributed by atoms with Gasteiger partial charge in [0, 0.05) is 11.4 Å². The molecule has 3 rings (SSSR count). The number of nitrogens with zero attached hydrogens (tertiary/aromatic N) is 1. The molecular weight excluding hydrogens is 374 g/mol. The van der Waals surface area contributed by atoms with Crippen LogP contribution >= 0.6 is 0 Å². The fourth-order valence-electron chi connectivity index (χ4n) is 3.32. The van der Waals surface area contributed by atoms with Crippen molar-refractivity contribution in [3.63, 3.8) is 0 Å².